The number of hydrogen-bond acceptors (Lipinski definition) is 2. The molecular formula is C17H13Cl2NO2. The normalized spacial score (nSPS) is 40.9. The molecule has 3 fully saturated rings. The predicted octanol–water partition coefficient (Wildman–Crippen LogP) is 3.55. The summed E-state index contributed by atoms with van der Waals surface area (Å²) in [5.41, 5.74) is 0.462. The molecule has 0 aromatic heterocycles. The largest absolute Gasteiger partial charge is 0.274 e. The number of halogens is 2. The van der Waals surface area contributed by atoms with Gasteiger partial charge in [-0.05, 0) is 48.3 Å². The molecule has 5 aliphatic rings. The van der Waals surface area contributed by atoms with Crippen LogP contribution in [0.25, 0.3) is 0 Å². The Labute approximate surface area is 137 Å². The second-order valence-corrected chi connectivity index (χ2v) is 7.61. The lowest BCUT2D eigenvalue weighted by Crippen LogP contribution is -2.40. The van der Waals surface area contributed by atoms with Crippen molar-refractivity contribution in [3.05, 3.63) is 40.4 Å². The van der Waals surface area contributed by atoms with Gasteiger partial charge in [-0.1, -0.05) is 35.4 Å². The molecule has 3 nitrogen and oxygen atoms in total. The van der Waals surface area contributed by atoms with Gasteiger partial charge in [-0.2, -0.15) is 0 Å². The van der Waals surface area contributed by atoms with Crippen LogP contribution in [0.1, 0.15) is 6.42 Å². The highest BCUT2D eigenvalue weighted by atomic mass is 35.5. The van der Waals surface area contributed by atoms with Crippen LogP contribution in [0.2, 0.25) is 10.0 Å². The fourth-order valence-corrected chi connectivity index (χ4v) is 5.35. The summed E-state index contributed by atoms with van der Waals surface area (Å²) in [5.74, 6) is 1.09. The van der Waals surface area contributed by atoms with Crippen LogP contribution >= 0.6 is 23.2 Å². The molecule has 1 aromatic carbocycles. The lowest BCUT2D eigenvalue weighted by atomic mass is 9.63. The van der Waals surface area contributed by atoms with E-state index in [1.54, 1.807) is 18.2 Å². The first kappa shape index (κ1) is 13.1. The van der Waals surface area contributed by atoms with E-state index in [4.69, 9.17) is 23.2 Å². The molecule has 6 atom stereocenters. The van der Waals surface area contributed by atoms with Gasteiger partial charge in [0.1, 0.15) is 0 Å². The number of imide groups is 1. The Bertz CT molecular complexity index is 723. The minimum absolute atomic E-state index is 0.0936. The number of carbonyl (C=O) groups is 2. The zero-order chi connectivity index (χ0) is 15.2. The third-order valence-electron chi connectivity index (χ3n) is 5.81. The summed E-state index contributed by atoms with van der Waals surface area (Å²) < 4.78 is 0. The number of anilines is 1. The van der Waals surface area contributed by atoms with Crippen LogP contribution in [0.15, 0.2) is 30.4 Å². The second kappa shape index (κ2) is 4.15. The van der Waals surface area contributed by atoms with Crippen LogP contribution in [0, 0.1) is 35.5 Å². The number of carbonyl (C=O) groups excluding carboxylic acids is 2. The number of amides is 2. The van der Waals surface area contributed by atoms with Crippen molar-refractivity contribution < 1.29 is 9.59 Å². The molecule has 4 aliphatic carbocycles. The zero-order valence-electron chi connectivity index (χ0n) is 11.6. The van der Waals surface area contributed by atoms with E-state index >= 15 is 0 Å². The second-order valence-electron chi connectivity index (χ2n) is 6.76. The van der Waals surface area contributed by atoms with Crippen LogP contribution < -0.4 is 4.90 Å². The molecular weight excluding hydrogens is 321 g/mol. The van der Waals surface area contributed by atoms with E-state index in [0.29, 0.717) is 27.6 Å². The van der Waals surface area contributed by atoms with Crippen molar-refractivity contribution >= 4 is 40.7 Å². The predicted molar refractivity (Wildman–Crippen MR) is 83.7 cm³/mol. The van der Waals surface area contributed by atoms with Crippen molar-refractivity contribution in [2.24, 2.45) is 35.5 Å². The first-order valence-electron chi connectivity index (χ1n) is 7.59. The fraction of sp³-hybridized carbons (Fsp3) is 0.412. The topological polar surface area (TPSA) is 37.4 Å². The summed E-state index contributed by atoms with van der Waals surface area (Å²) in [6.45, 7) is 0. The molecule has 112 valence electrons. The molecule has 1 aromatic rings. The lowest BCUT2D eigenvalue weighted by molar-refractivity contribution is -0.124. The molecule has 0 unspecified atom stereocenters. The van der Waals surface area contributed by atoms with Crippen LogP contribution in [0.4, 0.5) is 5.69 Å². The molecule has 22 heavy (non-hydrogen) atoms. The van der Waals surface area contributed by atoms with Crippen molar-refractivity contribution in [1.29, 1.82) is 0 Å². The van der Waals surface area contributed by atoms with Gasteiger partial charge in [-0.15, -0.1) is 0 Å². The Balaban J connectivity index is 1.60. The van der Waals surface area contributed by atoms with Crippen molar-refractivity contribution in [3.8, 4) is 0 Å². The molecule has 5 heteroatoms. The average Bonchev–Trinajstić information content (AvgIpc) is 3.26. The van der Waals surface area contributed by atoms with Gasteiger partial charge < -0.3 is 0 Å². The smallest absolute Gasteiger partial charge is 0.238 e. The van der Waals surface area contributed by atoms with E-state index < -0.39 is 0 Å². The molecule has 6 rings (SSSR count). The number of hydrogen-bond donors (Lipinski definition) is 0. The Kier molecular flexibility index (Phi) is 2.48. The van der Waals surface area contributed by atoms with Crippen LogP contribution in [0.5, 0.6) is 0 Å². The molecule has 0 radical (unpaired) electrons. The maximum absolute atomic E-state index is 12.9. The highest BCUT2D eigenvalue weighted by Crippen LogP contribution is 2.65. The minimum Gasteiger partial charge on any atom is -0.274 e. The Morgan fingerprint density at radius 1 is 0.955 bits per heavy atom. The third kappa shape index (κ3) is 1.49. The van der Waals surface area contributed by atoms with Crippen molar-refractivity contribution in [3.63, 3.8) is 0 Å². The zero-order valence-corrected chi connectivity index (χ0v) is 13.1. The van der Waals surface area contributed by atoms with E-state index in [1.165, 1.54) is 4.90 Å². The minimum atomic E-state index is -0.196. The van der Waals surface area contributed by atoms with Gasteiger partial charge in [-0.25, -0.2) is 4.90 Å². The van der Waals surface area contributed by atoms with E-state index in [1.807, 2.05) is 0 Å². The number of allylic oxidation sites excluding steroid dienone is 2. The van der Waals surface area contributed by atoms with Gasteiger partial charge in [0, 0.05) is 5.02 Å². The average molecular weight is 334 g/mol. The molecule has 0 spiro atoms. The van der Waals surface area contributed by atoms with Gasteiger partial charge >= 0.3 is 0 Å². The van der Waals surface area contributed by atoms with Crippen molar-refractivity contribution in [2.75, 3.05) is 4.90 Å². The maximum atomic E-state index is 12.9. The third-order valence-corrected chi connectivity index (χ3v) is 6.35. The van der Waals surface area contributed by atoms with E-state index in [-0.39, 0.29) is 35.5 Å². The van der Waals surface area contributed by atoms with Gasteiger partial charge in [-0.3, -0.25) is 9.59 Å². The van der Waals surface area contributed by atoms with Crippen LogP contribution in [0.3, 0.4) is 0 Å². The van der Waals surface area contributed by atoms with Crippen LogP contribution in [-0.4, -0.2) is 11.8 Å². The highest BCUT2D eigenvalue weighted by Gasteiger charge is 2.67. The standard InChI is InChI=1S/C17H13Cl2NO2/c18-7-1-4-13(12(19)5-7)20-16(21)14-8-2-3-9(11-6-10(8)11)15(14)17(20)22/h1-5,8-11,14-15H,6H2/t8-,9-,10-,11+,14+,15+/m1/s1. The lowest BCUT2D eigenvalue weighted by Gasteiger charge is -2.37. The highest BCUT2D eigenvalue weighted by molar-refractivity contribution is 6.38. The molecule has 1 aliphatic heterocycles. The number of benzene rings is 1. The summed E-state index contributed by atoms with van der Waals surface area (Å²) in [7, 11) is 0. The Morgan fingerprint density at radius 2 is 1.55 bits per heavy atom. The van der Waals surface area contributed by atoms with Crippen molar-refractivity contribution in [2.45, 2.75) is 6.42 Å². The van der Waals surface area contributed by atoms with E-state index in [2.05, 4.69) is 12.2 Å². The first-order valence-corrected chi connectivity index (χ1v) is 8.34. The van der Waals surface area contributed by atoms with Gasteiger partial charge in [0.25, 0.3) is 0 Å². The molecule has 1 heterocycles. The van der Waals surface area contributed by atoms with Gasteiger partial charge in [0.05, 0.1) is 22.5 Å². The van der Waals surface area contributed by atoms with E-state index in [9.17, 15) is 9.59 Å². The monoisotopic (exact) mass is 333 g/mol. The maximum Gasteiger partial charge on any atom is 0.238 e. The molecule has 2 amide bonds. The van der Waals surface area contributed by atoms with E-state index in [0.717, 1.165) is 6.42 Å². The Hall–Kier alpha value is -1.32. The molecule has 2 saturated carbocycles. The summed E-state index contributed by atoms with van der Waals surface area (Å²) >= 11 is 12.1. The summed E-state index contributed by atoms with van der Waals surface area (Å²) in [5, 5.41) is 0.839. The van der Waals surface area contributed by atoms with Crippen molar-refractivity contribution in [1.82, 2.24) is 0 Å². The number of rotatable bonds is 1. The summed E-state index contributed by atoms with van der Waals surface area (Å²) in [6, 6.07) is 4.90. The molecule has 2 bridgehead atoms. The SMILES string of the molecule is O=C1[C@H]2[C@@H]3C=C[C@H]([C@@H]4C[C@H]34)[C@@H]2C(=O)N1c1ccc(Cl)cc1Cl. The summed E-state index contributed by atoms with van der Waals surface area (Å²) in [4.78, 5) is 27.1. The first-order chi connectivity index (χ1) is 10.6. The van der Waals surface area contributed by atoms with Gasteiger partial charge in [0.2, 0.25) is 11.8 Å². The van der Waals surface area contributed by atoms with Gasteiger partial charge in [0.15, 0.2) is 0 Å². The number of nitrogens with zero attached hydrogens (tertiary/aromatic N) is 1. The van der Waals surface area contributed by atoms with Crippen LogP contribution in [-0.2, 0) is 9.59 Å². The molecule has 0 N–H and O–H groups in total. The molecule has 1 saturated heterocycles. The quantitative estimate of drug-likeness (QED) is 0.582. The summed E-state index contributed by atoms with van der Waals surface area (Å²) in [6.07, 6.45) is 5.49. The fourth-order valence-electron chi connectivity index (χ4n) is 4.86. The Morgan fingerprint density at radius 3 is 2.09 bits per heavy atom.